The number of hydrogen-bond donors (Lipinski definition) is 2. The van der Waals surface area contributed by atoms with Crippen LogP contribution in [0, 0.1) is 12.7 Å². The number of rotatable bonds is 4. The molecule has 0 heterocycles. The molecule has 0 amide bonds. The Kier molecular flexibility index (Phi) is 4.91. The molecule has 2 atom stereocenters. The van der Waals surface area contributed by atoms with Crippen LogP contribution in [0.5, 0.6) is 0 Å². The van der Waals surface area contributed by atoms with Crippen molar-refractivity contribution in [3.8, 4) is 0 Å². The number of hydrogen-bond acceptors (Lipinski definition) is 2. The first-order valence-corrected chi connectivity index (χ1v) is 7.22. The summed E-state index contributed by atoms with van der Waals surface area (Å²) in [4.78, 5) is 0. The van der Waals surface area contributed by atoms with Crippen LogP contribution < -0.4 is 5.73 Å². The number of aryl methyl sites for hydroxylation is 1. The molecule has 2 aromatic carbocycles. The summed E-state index contributed by atoms with van der Waals surface area (Å²) in [5, 5.41) is 10.6. The van der Waals surface area contributed by atoms with Gasteiger partial charge in [0.15, 0.2) is 0 Å². The third kappa shape index (κ3) is 3.26. The van der Waals surface area contributed by atoms with Gasteiger partial charge >= 0.3 is 0 Å². The number of benzene rings is 2. The molecule has 0 aliphatic carbocycles. The highest BCUT2D eigenvalue weighted by molar-refractivity contribution is 9.10. The lowest BCUT2D eigenvalue weighted by atomic mass is 9.87. The largest absolute Gasteiger partial charge is 0.388 e. The normalized spacial score (nSPS) is 14.1. The van der Waals surface area contributed by atoms with Crippen molar-refractivity contribution in [2.75, 3.05) is 6.54 Å². The summed E-state index contributed by atoms with van der Waals surface area (Å²) in [6.07, 6.45) is -0.755. The van der Waals surface area contributed by atoms with Gasteiger partial charge in [-0.3, -0.25) is 0 Å². The maximum atomic E-state index is 13.2. The van der Waals surface area contributed by atoms with Gasteiger partial charge in [-0.05, 0) is 47.9 Å². The maximum Gasteiger partial charge on any atom is 0.123 e. The molecule has 2 unspecified atom stereocenters. The zero-order valence-corrected chi connectivity index (χ0v) is 12.8. The molecule has 3 N–H and O–H groups in total. The summed E-state index contributed by atoms with van der Waals surface area (Å²) in [5.74, 6) is -0.526. The highest BCUT2D eigenvalue weighted by Crippen LogP contribution is 2.33. The van der Waals surface area contributed by atoms with Crippen molar-refractivity contribution in [1.29, 1.82) is 0 Å². The smallest absolute Gasteiger partial charge is 0.123 e. The van der Waals surface area contributed by atoms with E-state index in [2.05, 4.69) is 15.9 Å². The van der Waals surface area contributed by atoms with E-state index in [0.717, 1.165) is 15.6 Å². The van der Waals surface area contributed by atoms with Crippen LogP contribution in [0.4, 0.5) is 4.39 Å². The van der Waals surface area contributed by atoms with Crippen molar-refractivity contribution in [2.45, 2.75) is 18.9 Å². The number of aliphatic hydroxyl groups is 1. The first kappa shape index (κ1) is 15.2. The van der Waals surface area contributed by atoms with Gasteiger partial charge in [0.1, 0.15) is 5.82 Å². The molecule has 0 aliphatic rings. The molecule has 0 saturated carbocycles. The molecule has 0 aliphatic heterocycles. The molecule has 2 aromatic rings. The third-order valence-electron chi connectivity index (χ3n) is 3.46. The third-order valence-corrected chi connectivity index (χ3v) is 3.96. The van der Waals surface area contributed by atoms with E-state index >= 15 is 0 Å². The van der Waals surface area contributed by atoms with Crippen LogP contribution in [-0.2, 0) is 0 Å². The predicted octanol–water partition coefficient (Wildman–Crippen LogP) is 3.67. The van der Waals surface area contributed by atoms with Crippen molar-refractivity contribution in [2.24, 2.45) is 5.73 Å². The Hall–Kier alpha value is -1.23. The Morgan fingerprint density at radius 3 is 2.60 bits per heavy atom. The van der Waals surface area contributed by atoms with Crippen molar-refractivity contribution in [3.05, 3.63) is 69.4 Å². The Morgan fingerprint density at radius 2 is 2.00 bits per heavy atom. The maximum absolute atomic E-state index is 13.2. The Labute approximate surface area is 126 Å². The first-order valence-electron chi connectivity index (χ1n) is 6.42. The minimum absolute atomic E-state index is 0.225. The molecule has 2 rings (SSSR count). The summed E-state index contributed by atoms with van der Waals surface area (Å²) in [6, 6.07) is 12.1. The van der Waals surface area contributed by atoms with Gasteiger partial charge in [-0.2, -0.15) is 0 Å². The molecule has 0 bridgehead atoms. The van der Waals surface area contributed by atoms with E-state index in [4.69, 9.17) is 5.73 Å². The Morgan fingerprint density at radius 1 is 1.25 bits per heavy atom. The highest BCUT2D eigenvalue weighted by Gasteiger charge is 2.23. The van der Waals surface area contributed by atoms with Crippen molar-refractivity contribution in [1.82, 2.24) is 0 Å². The molecular formula is C16H17BrFNO. The van der Waals surface area contributed by atoms with Crippen LogP contribution in [0.25, 0.3) is 0 Å². The topological polar surface area (TPSA) is 46.2 Å². The highest BCUT2D eigenvalue weighted by atomic mass is 79.9. The summed E-state index contributed by atoms with van der Waals surface area (Å²) in [6.45, 7) is 2.10. The molecule has 0 aromatic heterocycles. The molecule has 106 valence electrons. The molecule has 0 spiro atoms. The van der Waals surface area contributed by atoms with E-state index in [0.29, 0.717) is 12.1 Å². The standard InChI is InChI=1S/C16H17BrFNO/c1-10-7-13(18)5-6-14(10)16(20)15(9-19)11-3-2-4-12(17)8-11/h2-8,15-16,20H,9,19H2,1H3. The quantitative estimate of drug-likeness (QED) is 0.893. The summed E-state index contributed by atoms with van der Waals surface area (Å²) in [7, 11) is 0. The van der Waals surface area contributed by atoms with Gasteiger partial charge in [0, 0.05) is 16.9 Å². The van der Waals surface area contributed by atoms with Gasteiger partial charge in [-0.1, -0.05) is 34.1 Å². The van der Waals surface area contributed by atoms with E-state index in [1.807, 2.05) is 24.3 Å². The second-order valence-electron chi connectivity index (χ2n) is 4.84. The fraction of sp³-hybridized carbons (Fsp3) is 0.250. The fourth-order valence-electron chi connectivity index (χ4n) is 2.37. The minimum Gasteiger partial charge on any atom is -0.388 e. The molecular weight excluding hydrogens is 321 g/mol. The van der Waals surface area contributed by atoms with Crippen molar-refractivity contribution >= 4 is 15.9 Å². The zero-order valence-electron chi connectivity index (χ0n) is 11.2. The Balaban J connectivity index is 2.36. The monoisotopic (exact) mass is 337 g/mol. The van der Waals surface area contributed by atoms with E-state index in [9.17, 15) is 9.50 Å². The fourth-order valence-corrected chi connectivity index (χ4v) is 2.79. The van der Waals surface area contributed by atoms with Gasteiger partial charge in [-0.25, -0.2) is 4.39 Å². The second-order valence-corrected chi connectivity index (χ2v) is 5.76. The van der Waals surface area contributed by atoms with Crippen LogP contribution in [-0.4, -0.2) is 11.7 Å². The van der Waals surface area contributed by atoms with Crippen LogP contribution in [0.2, 0.25) is 0 Å². The number of nitrogens with two attached hydrogens (primary N) is 1. The van der Waals surface area contributed by atoms with E-state index in [1.54, 1.807) is 13.0 Å². The van der Waals surface area contributed by atoms with Crippen molar-refractivity contribution in [3.63, 3.8) is 0 Å². The number of halogens is 2. The molecule has 0 fully saturated rings. The second kappa shape index (κ2) is 6.48. The van der Waals surface area contributed by atoms with Gasteiger partial charge in [0.25, 0.3) is 0 Å². The average Bonchev–Trinajstić information content (AvgIpc) is 2.39. The number of aliphatic hydroxyl groups excluding tert-OH is 1. The summed E-state index contributed by atoms with van der Waals surface area (Å²) < 4.78 is 14.1. The van der Waals surface area contributed by atoms with E-state index < -0.39 is 6.10 Å². The van der Waals surface area contributed by atoms with Gasteiger partial charge in [0.2, 0.25) is 0 Å². The van der Waals surface area contributed by atoms with Crippen LogP contribution in [0.3, 0.4) is 0 Å². The van der Waals surface area contributed by atoms with Gasteiger partial charge < -0.3 is 10.8 Å². The molecule has 0 saturated heterocycles. The zero-order chi connectivity index (χ0) is 14.7. The van der Waals surface area contributed by atoms with Crippen LogP contribution in [0.1, 0.15) is 28.7 Å². The van der Waals surface area contributed by atoms with Crippen molar-refractivity contribution < 1.29 is 9.50 Å². The molecule has 0 radical (unpaired) electrons. The van der Waals surface area contributed by atoms with Crippen LogP contribution in [0.15, 0.2) is 46.9 Å². The molecule has 4 heteroatoms. The SMILES string of the molecule is Cc1cc(F)ccc1C(O)C(CN)c1cccc(Br)c1. The first-order chi connectivity index (χ1) is 9.52. The summed E-state index contributed by atoms with van der Waals surface area (Å²) in [5.41, 5.74) is 8.22. The molecule has 20 heavy (non-hydrogen) atoms. The lowest BCUT2D eigenvalue weighted by Gasteiger charge is -2.24. The molecule has 2 nitrogen and oxygen atoms in total. The van der Waals surface area contributed by atoms with Crippen LogP contribution >= 0.6 is 15.9 Å². The van der Waals surface area contributed by atoms with Gasteiger partial charge in [-0.15, -0.1) is 0 Å². The van der Waals surface area contributed by atoms with E-state index in [-0.39, 0.29) is 11.7 Å². The average molecular weight is 338 g/mol. The summed E-state index contributed by atoms with van der Waals surface area (Å²) >= 11 is 3.42. The minimum atomic E-state index is -0.755. The predicted molar refractivity (Wildman–Crippen MR) is 82.0 cm³/mol. The van der Waals surface area contributed by atoms with Gasteiger partial charge in [0.05, 0.1) is 6.10 Å². The lowest BCUT2D eigenvalue weighted by Crippen LogP contribution is -2.20. The lowest BCUT2D eigenvalue weighted by molar-refractivity contribution is 0.146. The Bertz CT molecular complexity index is 603. The van der Waals surface area contributed by atoms with E-state index in [1.165, 1.54) is 12.1 Å².